The predicted molar refractivity (Wildman–Crippen MR) is 204 cm³/mol. The van der Waals surface area contributed by atoms with E-state index < -0.39 is 53.7 Å². The van der Waals surface area contributed by atoms with Gasteiger partial charge in [0, 0.05) is 61.7 Å². The van der Waals surface area contributed by atoms with E-state index in [0.29, 0.717) is 5.69 Å². The van der Waals surface area contributed by atoms with Crippen LogP contribution in [0.15, 0.2) is 90.4 Å². The fourth-order valence-electron chi connectivity index (χ4n) is 6.21. The number of H-pyrrole nitrogens is 2. The molecule has 0 fully saturated rings. The number of aliphatic imine (C=N–C) groups is 1. The Morgan fingerprint density at radius 1 is 0.741 bits per heavy atom. The first kappa shape index (κ1) is 38.5. The zero-order valence-corrected chi connectivity index (χ0v) is 29.8. The highest BCUT2D eigenvalue weighted by Gasteiger charge is 2.31. The van der Waals surface area contributed by atoms with Crippen molar-refractivity contribution in [2.24, 2.45) is 22.2 Å². The molecule has 0 radical (unpaired) electrons. The molecule has 0 aliphatic carbocycles. The van der Waals surface area contributed by atoms with Crippen LogP contribution in [0.5, 0.6) is 0 Å². The van der Waals surface area contributed by atoms with E-state index >= 15 is 0 Å². The quantitative estimate of drug-likeness (QED) is 0.0348. The minimum Gasteiger partial charge on any atom is -0.370 e. The van der Waals surface area contributed by atoms with Gasteiger partial charge in [-0.15, -0.1) is 0 Å². The van der Waals surface area contributed by atoms with Gasteiger partial charge in [0.15, 0.2) is 5.96 Å². The summed E-state index contributed by atoms with van der Waals surface area (Å²) >= 11 is 0. The number of imidazole rings is 1. The number of hydrogen-bond donors (Lipinski definition) is 9. The number of rotatable bonds is 18. The molecule has 5 amide bonds. The Morgan fingerprint density at radius 2 is 1.41 bits per heavy atom. The molecule has 282 valence electrons. The maximum atomic E-state index is 14.2. The van der Waals surface area contributed by atoms with Gasteiger partial charge in [-0.1, -0.05) is 60.7 Å². The van der Waals surface area contributed by atoms with Crippen molar-refractivity contribution in [3.63, 3.8) is 0 Å². The monoisotopic (exact) mass is 735 g/mol. The Balaban J connectivity index is 1.40. The van der Waals surface area contributed by atoms with Crippen molar-refractivity contribution in [2.45, 2.75) is 63.2 Å². The number of aromatic nitrogens is 3. The Labute approximate surface area is 311 Å². The molecule has 16 heteroatoms. The van der Waals surface area contributed by atoms with Crippen LogP contribution in [0.2, 0.25) is 0 Å². The first-order chi connectivity index (χ1) is 26.0. The van der Waals surface area contributed by atoms with Gasteiger partial charge in [-0.2, -0.15) is 0 Å². The van der Waals surface area contributed by atoms with Gasteiger partial charge in [0.25, 0.3) is 0 Å². The topological polar surface area (TPSA) is 268 Å². The maximum absolute atomic E-state index is 14.2. The molecular weight excluding hydrogens is 690 g/mol. The van der Waals surface area contributed by atoms with E-state index in [4.69, 9.17) is 17.2 Å². The lowest BCUT2D eigenvalue weighted by Crippen LogP contribution is -2.59. The van der Waals surface area contributed by atoms with E-state index in [1.54, 1.807) is 6.20 Å². The molecule has 16 nitrogen and oxygen atoms in total. The molecule has 5 aromatic rings. The standard InChI is InChI=1S/C38H45N11O5/c1-22(50)46-33(18-27-20-42-21-45-27)37(54)49-32(16-23-12-13-24-7-2-3-8-25(24)15-23)36(53)47-30(11-6-14-43-38(40)41)35(52)48-31(34(39)51)17-26-19-44-29-10-5-4-9-28(26)29/h2-5,7-10,12-13,15,19-21,30-33,44H,6,11,14,16-18H2,1H3,(H2,39,51)(H,42,45)(H,46,50)(H,47,53)(H,48,52)(H,49,54)(H4,40,41,43)/t30-,31-,32-,33-/m0/s1. The summed E-state index contributed by atoms with van der Waals surface area (Å²) in [7, 11) is 0. The number of carbonyl (C=O) groups is 5. The Kier molecular flexibility index (Phi) is 13.0. The van der Waals surface area contributed by atoms with Crippen LogP contribution in [0.4, 0.5) is 0 Å². The van der Waals surface area contributed by atoms with Gasteiger partial charge in [0.2, 0.25) is 29.5 Å². The molecule has 2 heterocycles. The molecule has 54 heavy (non-hydrogen) atoms. The highest BCUT2D eigenvalue weighted by atomic mass is 16.2. The number of benzene rings is 3. The molecule has 0 aliphatic rings. The lowest BCUT2D eigenvalue weighted by atomic mass is 9.99. The number of carbonyl (C=O) groups excluding carboxylic acids is 5. The zero-order chi connectivity index (χ0) is 38.6. The van der Waals surface area contributed by atoms with Crippen LogP contribution in [0.1, 0.15) is 36.6 Å². The second kappa shape index (κ2) is 18.2. The van der Waals surface area contributed by atoms with Crippen molar-refractivity contribution < 1.29 is 24.0 Å². The van der Waals surface area contributed by atoms with Crippen LogP contribution in [-0.4, -0.2) is 81.2 Å². The normalized spacial score (nSPS) is 13.3. The third kappa shape index (κ3) is 10.7. The summed E-state index contributed by atoms with van der Waals surface area (Å²) in [6.07, 6.45) is 5.33. The van der Waals surface area contributed by atoms with Gasteiger partial charge in [-0.05, 0) is 40.8 Å². The van der Waals surface area contributed by atoms with Gasteiger partial charge in [0.1, 0.15) is 24.2 Å². The molecule has 5 rings (SSSR count). The molecule has 0 spiro atoms. The zero-order valence-electron chi connectivity index (χ0n) is 29.8. The third-order valence-corrected chi connectivity index (χ3v) is 8.90. The van der Waals surface area contributed by atoms with Crippen molar-refractivity contribution in [1.82, 2.24) is 36.2 Å². The number of nitrogens with zero attached hydrogens (tertiary/aromatic N) is 2. The molecule has 0 bridgehead atoms. The highest BCUT2D eigenvalue weighted by Crippen LogP contribution is 2.20. The third-order valence-electron chi connectivity index (χ3n) is 8.90. The molecule has 0 saturated heterocycles. The smallest absolute Gasteiger partial charge is 0.243 e. The molecule has 4 atom stereocenters. The van der Waals surface area contributed by atoms with Crippen LogP contribution in [0, 0.1) is 0 Å². The number of para-hydroxylation sites is 1. The molecule has 0 saturated carbocycles. The minimum absolute atomic E-state index is 0.0477. The Morgan fingerprint density at radius 3 is 2.11 bits per heavy atom. The summed E-state index contributed by atoms with van der Waals surface area (Å²) in [6, 6.07) is 16.4. The fourth-order valence-corrected chi connectivity index (χ4v) is 6.21. The first-order valence-corrected chi connectivity index (χ1v) is 17.5. The van der Waals surface area contributed by atoms with E-state index in [-0.39, 0.29) is 44.6 Å². The highest BCUT2D eigenvalue weighted by molar-refractivity contribution is 5.96. The fraction of sp³-hybridized carbons (Fsp3) is 0.289. The molecule has 2 aromatic heterocycles. The lowest BCUT2D eigenvalue weighted by Gasteiger charge is -2.26. The number of hydrogen-bond acceptors (Lipinski definition) is 7. The first-order valence-electron chi connectivity index (χ1n) is 17.5. The van der Waals surface area contributed by atoms with Crippen molar-refractivity contribution in [3.8, 4) is 0 Å². The number of primary amides is 1. The summed E-state index contributed by atoms with van der Waals surface area (Å²) in [5, 5.41) is 13.7. The average molecular weight is 736 g/mol. The SMILES string of the molecule is CC(=O)N[C@@H](Cc1cnc[nH]1)C(=O)N[C@@H](Cc1ccc2ccccc2c1)C(=O)N[C@@H](CCCN=C(N)N)C(=O)N[C@@H](Cc1c[nH]c2ccccc12)C(N)=O. The summed E-state index contributed by atoms with van der Waals surface area (Å²) in [5.41, 5.74) is 19.7. The Bertz CT molecular complexity index is 2120. The van der Waals surface area contributed by atoms with Crippen LogP contribution in [-0.2, 0) is 43.2 Å². The molecule has 12 N–H and O–H groups in total. The predicted octanol–water partition coefficient (Wildman–Crippen LogP) is 0.570. The summed E-state index contributed by atoms with van der Waals surface area (Å²) < 4.78 is 0. The molecule has 3 aromatic carbocycles. The van der Waals surface area contributed by atoms with Crippen LogP contribution in [0.25, 0.3) is 21.7 Å². The second-order valence-corrected chi connectivity index (χ2v) is 13.0. The minimum atomic E-state index is -1.19. The number of guanidine groups is 1. The summed E-state index contributed by atoms with van der Waals surface area (Å²) in [6.45, 7) is 1.45. The van der Waals surface area contributed by atoms with Gasteiger partial charge in [-0.3, -0.25) is 29.0 Å². The lowest BCUT2D eigenvalue weighted by molar-refractivity contribution is -0.134. The average Bonchev–Trinajstić information content (AvgIpc) is 3.81. The molecular formula is C38H45N11O5. The summed E-state index contributed by atoms with van der Waals surface area (Å²) in [5.74, 6) is -3.30. The van der Waals surface area contributed by atoms with Crippen molar-refractivity contribution >= 4 is 57.2 Å². The van der Waals surface area contributed by atoms with E-state index in [1.807, 2.05) is 66.7 Å². The van der Waals surface area contributed by atoms with Gasteiger partial charge in [-0.25, -0.2) is 4.98 Å². The van der Waals surface area contributed by atoms with Gasteiger partial charge in [0.05, 0.1) is 6.33 Å². The van der Waals surface area contributed by atoms with Crippen LogP contribution in [0.3, 0.4) is 0 Å². The number of fused-ring (bicyclic) bond motifs is 2. The largest absolute Gasteiger partial charge is 0.370 e. The second-order valence-electron chi connectivity index (χ2n) is 13.0. The number of nitrogens with one attached hydrogen (secondary N) is 6. The van der Waals surface area contributed by atoms with Crippen molar-refractivity contribution in [1.29, 1.82) is 0 Å². The summed E-state index contributed by atoms with van der Waals surface area (Å²) in [4.78, 5) is 80.7. The van der Waals surface area contributed by atoms with Crippen LogP contribution >= 0.6 is 0 Å². The number of aromatic amines is 2. The van der Waals surface area contributed by atoms with E-state index in [9.17, 15) is 24.0 Å². The van der Waals surface area contributed by atoms with Gasteiger partial charge < -0.3 is 48.4 Å². The number of amides is 5. The van der Waals surface area contributed by atoms with Crippen LogP contribution < -0.4 is 38.5 Å². The van der Waals surface area contributed by atoms with Gasteiger partial charge >= 0.3 is 0 Å². The Hall–Kier alpha value is -6.71. The van der Waals surface area contributed by atoms with E-state index in [2.05, 4.69) is 41.2 Å². The number of nitrogens with two attached hydrogens (primary N) is 3. The maximum Gasteiger partial charge on any atom is 0.243 e. The van der Waals surface area contributed by atoms with Crippen molar-refractivity contribution in [2.75, 3.05) is 6.54 Å². The van der Waals surface area contributed by atoms with E-state index in [0.717, 1.165) is 32.8 Å². The molecule has 0 unspecified atom stereocenters. The van der Waals surface area contributed by atoms with Crippen molar-refractivity contribution in [3.05, 3.63) is 102 Å². The molecule has 0 aliphatic heterocycles. The van der Waals surface area contributed by atoms with E-state index in [1.165, 1.54) is 19.4 Å².